The number of hydrogen-bond donors (Lipinski definition) is 0. The Kier molecular flexibility index (Phi) is 29.0. The third-order valence-corrected chi connectivity index (χ3v) is 4.56. The molecule has 0 heterocycles. The predicted molar refractivity (Wildman–Crippen MR) is 149 cm³/mol. The Balaban J connectivity index is 3.12. The van der Waals surface area contributed by atoms with Gasteiger partial charge in [0.2, 0.25) is 0 Å². The average molecular weight is 599 g/mol. The van der Waals surface area contributed by atoms with E-state index in [9.17, 15) is 9.59 Å². The summed E-state index contributed by atoms with van der Waals surface area (Å²) in [5.74, 6) is -0.581. The van der Waals surface area contributed by atoms with Crippen LogP contribution in [-0.2, 0) is 61.7 Å². The number of hydrogen-bond acceptors (Lipinski definition) is 13. The van der Waals surface area contributed by atoms with Crippen LogP contribution in [0, 0.1) is 0 Å². The van der Waals surface area contributed by atoms with Gasteiger partial charge in [0.05, 0.1) is 112 Å². The van der Waals surface area contributed by atoms with Crippen molar-refractivity contribution >= 4 is 11.9 Å². The molecule has 0 rings (SSSR count). The van der Waals surface area contributed by atoms with E-state index >= 15 is 0 Å². The lowest BCUT2D eigenvalue weighted by molar-refractivity contribution is -0.160. The van der Waals surface area contributed by atoms with Gasteiger partial charge in [0, 0.05) is 6.42 Å². The van der Waals surface area contributed by atoms with Gasteiger partial charge in [0.25, 0.3) is 0 Å². The highest BCUT2D eigenvalue weighted by molar-refractivity contribution is 5.71. The molecule has 0 aliphatic rings. The van der Waals surface area contributed by atoms with Crippen LogP contribution >= 0.6 is 0 Å². The van der Waals surface area contributed by atoms with Crippen LogP contribution in [0.2, 0.25) is 0 Å². The second kappa shape index (κ2) is 30.1. The average Bonchev–Trinajstić information content (AvgIpc) is 2.91. The van der Waals surface area contributed by atoms with Crippen LogP contribution in [0.4, 0.5) is 0 Å². The van der Waals surface area contributed by atoms with Crippen LogP contribution in [0.1, 0.15) is 40.5 Å². The first-order valence-electron chi connectivity index (χ1n) is 14.4. The van der Waals surface area contributed by atoms with Crippen molar-refractivity contribution in [1.82, 2.24) is 0 Å². The van der Waals surface area contributed by atoms with E-state index in [1.165, 1.54) is 0 Å². The molecule has 0 atom stereocenters. The predicted octanol–water partition coefficient (Wildman–Crippen LogP) is 1.82. The molecule has 0 aliphatic heterocycles. The van der Waals surface area contributed by atoms with Crippen LogP contribution in [0.5, 0.6) is 0 Å². The first-order chi connectivity index (χ1) is 19.8. The Morgan fingerprint density at radius 2 is 0.732 bits per heavy atom. The summed E-state index contributed by atoms with van der Waals surface area (Å²) in [6.45, 7) is 15.2. The molecule has 0 spiro atoms. The van der Waals surface area contributed by atoms with Gasteiger partial charge in [-0.1, -0.05) is 6.92 Å². The highest BCUT2D eigenvalue weighted by Crippen LogP contribution is 2.06. The highest BCUT2D eigenvalue weighted by atomic mass is 16.6. The zero-order chi connectivity index (χ0) is 30.3. The molecule has 0 amide bonds. The van der Waals surface area contributed by atoms with Crippen molar-refractivity contribution in [3.63, 3.8) is 0 Å². The highest BCUT2D eigenvalue weighted by Gasteiger charge is 2.15. The molecule has 0 bridgehead atoms. The van der Waals surface area contributed by atoms with Gasteiger partial charge in [-0.25, -0.2) is 4.79 Å². The van der Waals surface area contributed by atoms with E-state index in [0.29, 0.717) is 119 Å². The maximum absolute atomic E-state index is 11.5. The van der Waals surface area contributed by atoms with Crippen LogP contribution in [0.15, 0.2) is 0 Å². The standard InChI is InChI=1S/C28H54O13/c1-5-6-26(29)40-24-23-38-20-19-36-16-15-34-12-11-32-8-7-31-9-10-33-13-14-35-17-18-37-21-22-39-25-27(30)41-28(2,3)4/h5-25H2,1-4H3. The summed E-state index contributed by atoms with van der Waals surface area (Å²) in [7, 11) is 0. The van der Waals surface area contributed by atoms with Crippen LogP contribution in [0.25, 0.3) is 0 Å². The summed E-state index contributed by atoms with van der Waals surface area (Å²) in [5, 5.41) is 0. The van der Waals surface area contributed by atoms with Crippen molar-refractivity contribution in [2.24, 2.45) is 0 Å². The van der Waals surface area contributed by atoms with Gasteiger partial charge in [0.1, 0.15) is 18.8 Å². The first kappa shape index (κ1) is 39.6. The van der Waals surface area contributed by atoms with Gasteiger partial charge >= 0.3 is 11.9 Å². The first-order valence-corrected chi connectivity index (χ1v) is 14.4. The molecule has 244 valence electrons. The molecule has 0 saturated heterocycles. The summed E-state index contributed by atoms with van der Waals surface area (Å²) in [6, 6.07) is 0. The quantitative estimate of drug-likeness (QED) is 0.0849. The van der Waals surface area contributed by atoms with Crippen molar-refractivity contribution in [3.8, 4) is 0 Å². The third kappa shape index (κ3) is 34.7. The Morgan fingerprint density at radius 3 is 1.02 bits per heavy atom. The largest absolute Gasteiger partial charge is 0.463 e. The van der Waals surface area contributed by atoms with Crippen molar-refractivity contribution < 1.29 is 61.7 Å². The van der Waals surface area contributed by atoms with Crippen molar-refractivity contribution in [2.45, 2.75) is 46.1 Å². The van der Waals surface area contributed by atoms with Gasteiger partial charge in [-0.15, -0.1) is 0 Å². The van der Waals surface area contributed by atoms with Crippen molar-refractivity contribution in [1.29, 1.82) is 0 Å². The molecule has 0 unspecified atom stereocenters. The number of carbonyl (C=O) groups is 2. The molecule has 13 heteroatoms. The maximum atomic E-state index is 11.5. The number of carbonyl (C=O) groups excluding carboxylic acids is 2. The fraction of sp³-hybridized carbons (Fsp3) is 0.929. The molecule has 41 heavy (non-hydrogen) atoms. The Morgan fingerprint density at radius 1 is 0.439 bits per heavy atom. The van der Waals surface area contributed by atoms with Crippen molar-refractivity contribution in [3.05, 3.63) is 0 Å². The molecule has 0 aromatic carbocycles. The van der Waals surface area contributed by atoms with E-state index in [-0.39, 0.29) is 25.2 Å². The number of ether oxygens (including phenoxy) is 11. The van der Waals surface area contributed by atoms with Crippen molar-refractivity contribution in [2.75, 3.05) is 126 Å². The van der Waals surface area contributed by atoms with E-state index < -0.39 is 5.60 Å². The minimum absolute atomic E-state index is 0.0848. The number of esters is 2. The van der Waals surface area contributed by atoms with Gasteiger partial charge in [-0.05, 0) is 27.2 Å². The normalized spacial score (nSPS) is 11.6. The van der Waals surface area contributed by atoms with Gasteiger partial charge in [0.15, 0.2) is 0 Å². The van der Waals surface area contributed by atoms with E-state index in [1.807, 2.05) is 27.7 Å². The molecule has 0 radical (unpaired) electrons. The molecular formula is C28H54O13. The minimum atomic E-state index is -0.511. The van der Waals surface area contributed by atoms with E-state index in [2.05, 4.69) is 0 Å². The second-order valence-electron chi connectivity index (χ2n) is 9.51. The lowest BCUT2D eigenvalue weighted by Crippen LogP contribution is -2.27. The van der Waals surface area contributed by atoms with Crippen LogP contribution < -0.4 is 0 Å². The Bertz CT molecular complexity index is 584. The Labute approximate surface area is 245 Å². The molecular weight excluding hydrogens is 544 g/mol. The van der Waals surface area contributed by atoms with Crippen LogP contribution in [0.3, 0.4) is 0 Å². The summed E-state index contributed by atoms with van der Waals surface area (Å²) in [4.78, 5) is 22.6. The smallest absolute Gasteiger partial charge is 0.332 e. The summed E-state index contributed by atoms with van der Waals surface area (Å²) < 4.78 is 58.6. The minimum Gasteiger partial charge on any atom is -0.463 e. The second-order valence-corrected chi connectivity index (χ2v) is 9.51. The molecule has 0 aromatic heterocycles. The summed E-state index contributed by atoms with van der Waals surface area (Å²) in [5.41, 5.74) is -0.511. The lowest BCUT2D eigenvalue weighted by atomic mass is 10.2. The van der Waals surface area contributed by atoms with E-state index in [4.69, 9.17) is 52.1 Å². The monoisotopic (exact) mass is 598 g/mol. The molecule has 0 aromatic rings. The van der Waals surface area contributed by atoms with Gasteiger partial charge in [-0.2, -0.15) is 0 Å². The third-order valence-electron chi connectivity index (χ3n) is 4.56. The molecule has 13 nitrogen and oxygen atoms in total. The SMILES string of the molecule is CCCC(=O)OCCOCCOCCOCCOCCOCCOCCOCCOCCOCC(=O)OC(C)(C)C. The maximum Gasteiger partial charge on any atom is 0.332 e. The molecule has 0 aliphatic carbocycles. The molecule has 0 saturated carbocycles. The zero-order valence-electron chi connectivity index (χ0n) is 25.7. The van der Waals surface area contributed by atoms with Crippen LogP contribution in [-0.4, -0.2) is 143 Å². The fourth-order valence-corrected chi connectivity index (χ4v) is 2.78. The molecule has 0 fully saturated rings. The summed E-state index contributed by atoms with van der Waals surface area (Å²) in [6.07, 6.45) is 1.22. The zero-order valence-corrected chi connectivity index (χ0v) is 25.7. The van der Waals surface area contributed by atoms with E-state index in [0.717, 1.165) is 6.42 Å². The lowest BCUT2D eigenvalue weighted by Gasteiger charge is -2.19. The molecule has 0 N–H and O–H groups in total. The number of rotatable bonds is 31. The fourth-order valence-electron chi connectivity index (χ4n) is 2.78. The Hall–Kier alpha value is -1.42. The van der Waals surface area contributed by atoms with E-state index in [1.54, 1.807) is 0 Å². The topological polar surface area (TPSA) is 136 Å². The van der Waals surface area contributed by atoms with Gasteiger partial charge in [-0.3, -0.25) is 4.79 Å². The summed E-state index contributed by atoms with van der Waals surface area (Å²) >= 11 is 0. The van der Waals surface area contributed by atoms with Gasteiger partial charge < -0.3 is 52.1 Å².